The lowest BCUT2D eigenvalue weighted by molar-refractivity contribution is 0.445. The van der Waals surface area contributed by atoms with Crippen molar-refractivity contribution in [2.75, 3.05) is 0 Å². The van der Waals surface area contributed by atoms with Crippen LogP contribution >= 0.6 is 15.9 Å². The highest BCUT2D eigenvalue weighted by Crippen LogP contribution is 2.17. The van der Waals surface area contributed by atoms with Crippen LogP contribution in [0, 0.1) is 17.5 Å². The van der Waals surface area contributed by atoms with E-state index in [1.807, 2.05) is 0 Å². The highest BCUT2D eigenvalue weighted by atomic mass is 79.9. The fourth-order valence-electron chi connectivity index (χ4n) is 0.932. The average Bonchev–Trinajstić information content (AvgIpc) is 1.98. The summed E-state index contributed by atoms with van der Waals surface area (Å²) in [6.07, 6.45) is 0.272. The summed E-state index contributed by atoms with van der Waals surface area (Å²) in [5.74, 6) is -3.79. The number of halogens is 4. The van der Waals surface area contributed by atoms with Gasteiger partial charge < -0.3 is 0 Å². The Bertz CT molecular complexity index is 324. The zero-order valence-corrected chi connectivity index (χ0v) is 8.17. The zero-order valence-electron chi connectivity index (χ0n) is 6.58. The van der Waals surface area contributed by atoms with Gasteiger partial charge in [0, 0.05) is 6.42 Å². The molecule has 0 radical (unpaired) electrons. The van der Waals surface area contributed by atoms with E-state index in [4.69, 9.17) is 0 Å². The molecule has 0 saturated carbocycles. The smallest absolute Gasteiger partial charge is 0.194 e. The Morgan fingerprint density at radius 1 is 1.23 bits per heavy atom. The number of hydrogen-bond acceptors (Lipinski definition) is 0. The summed E-state index contributed by atoms with van der Waals surface area (Å²) in [5, 5.41) is 0. The van der Waals surface area contributed by atoms with Crippen molar-refractivity contribution in [1.29, 1.82) is 0 Å². The van der Waals surface area contributed by atoms with Crippen LogP contribution in [0.15, 0.2) is 23.2 Å². The molecule has 0 spiro atoms. The minimum Gasteiger partial charge on any atom is -0.204 e. The number of allylic oxidation sites excluding steroid dienone is 1. The highest BCUT2D eigenvalue weighted by molar-refractivity contribution is 9.11. The van der Waals surface area contributed by atoms with E-state index in [0.29, 0.717) is 10.0 Å². The minimum atomic E-state index is -1.44. The molecule has 0 heterocycles. The van der Waals surface area contributed by atoms with E-state index < -0.39 is 17.5 Å². The summed E-state index contributed by atoms with van der Waals surface area (Å²) in [6, 6.07) is 1.90. The lowest BCUT2D eigenvalue weighted by atomic mass is 10.1. The molecule has 0 unspecified atom stereocenters. The molecule has 0 aromatic heterocycles. The SMILES string of the molecule is C=C(Br)Cc1cc(F)c(F)c(F)c1. The predicted octanol–water partition coefficient (Wildman–Crippen LogP) is 3.56. The Morgan fingerprint density at radius 2 is 1.69 bits per heavy atom. The molecule has 0 aliphatic carbocycles. The molecular formula is C9H6BrF3. The first kappa shape index (κ1) is 10.3. The summed E-state index contributed by atoms with van der Waals surface area (Å²) in [5.41, 5.74) is 0.346. The first-order valence-electron chi connectivity index (χ1n) is 3.47. The maximum absolute atomic E-state index is 12.6. The Balaban J connectivity index is 3.06. The van der Waals surface area contributed by atoms with Gasteiger partial charge in [-0.25, -0.2) is 13.2 Å². The second-order valence-electron chi connectivity index (χ2n) is 2.57. The van der Waals surface area contributed by atoms with Gasteiger partial charge in [0.05, 0.1) is 0 Å². The molecule has 0 amide bonds. The van der Waals surface area contributed by atoms with Gasteiger partial charge in [0.2, 0.25) is 0 Å². The summed E-state index contributed by atoms with van der Waals surface area (Å²) in [7, 11) is 0. The highest BCUT2D eigenvalue weighted by Gasteiger charge is 2.10. The third-order valence-corrected chi connectivity index (χ3v) is 1.72. The Hall–Kier alpha value is -0.770. The van der Waals surface area contributed by atoms with Gasteiger partial charge >= 0.3 is 0 Å². The van der Waals surface area contributed by atoms with Crippen LogP contribution < -0.4 is 0 Å². The van der Waals surface area contributed by atoms with Gasteiger partial charge in [-0.05, 0) is 22.2 Å². The molecule has 0 atom stereocenters. The molecule has 0 saturated heterocycles. The molecule has 1 aromatic carbocycles. The lowest BCUT2D eigenvalue weighted by Gasteiger charge is -2.01. The molecule has 0 fully saturated rings. The van der Waals surface area contributed by atoms with Crippen molar-refractivity contribution in [2.24, 2.45) is 0 Å². The second-order valence-corrected chi connectivity index (χ2v) is 3.69. The van der Waals surface area contributed by atoms with E-state index in [9.17, 15) is 13.2 Å². The number of rotatable bonds is 2. The van der Waals surface area contributed by atoms with E-state index >= 15 is 0 Å². The van der Waals surface area contributed by atoms with Gasteiger partial charge in [-0.3, -0.25) is 0 Å². The first-order chi connectivity index (χ1) is 6.00. The van der Waals surface area contributed by atoms with E-state index in [2.05, 4.69) is 22.5 Å². The molecule has 0 bridgehead atoms. The van der Waals surface area contributed by atoms with Crippen LogP contribution in [0.25, 0.3) is 0 Å². The molecule has 70 valence electrons. The van der Waals surface area contributed by atoms with Crippen molar-refractivity contribution in [2.45, 2.75) is 6.42 Å². The van der Waals surface area contributed by atoms with Gasteiger partial charge in [0.15, 0.2) is 17.5 Å². The van der Waals surface area contributed by atoms with Crippen LogP contribution in [-0.4, -0.2) is 0 Å². The minimum absolute atomic E-state index is 0.272. The van der Waals surface area contributed by atoms with Gasteiger partial charge in [0.25, 0.3) is 0 Å². The first-order valence-corrected chi connectivity index (χ1v) is 4.26. The Labute approximate surface area is 82.2 Å². The van der Waals surface area contributed by atoms with Crippen LogP contribution in [0.2, 0.25) is 0 Å². The van der Waals surface area contributed by atoms with Crippen molar-refractivity contribution in [3.05, 3.63) is 46.2 Å². The van der Waals surface area contributed by atoms with Crippen LogP contribution in [0.3, 0.4) is 0 Å². The Morgan fingerprint density at radius 3 is 2.08 bits per heavy atom. The van der Waals surface area contributed by atoms with E-state index in [0.717, 1.165) is 12.1 Å². The molecule has 0 nitrogen and oxygen atoms in total. The zero-order chi connectivity index (χ0) is 10.0. The molecular weight excluding hydrogens is 245 g/mol. The predicted molar refractivity (Wildman–Crippen MR) is 48.1 cm³/mol. The van der Waals surface area contributed by atoms with Crippen molar-refractivity contribution < 1.29 is 13.2 Å². The molecule has 4 heteroatoms. The molecule has 13 heavy (non-hydrogen) atoms. The third-order valence-electron chi connectivity index (χ3n) is 1.44. The summed E-state index contributed by atoms with van der Waals surface area (Å²) < 4.78 is 38.3. The van der Waals surface area contributed by atoms with Crippen molar-refractivity contribution in [3.63, 3.8) is 0 Å². The maximum atomic E-state index is 12.6. The van der Waals surface area contributed by atoms with Gasteiger partial charge in [-0.1, -0.05) is 22.5 Å². The van der Waals surface area contributed by atoms with E-state index in [1.165, 1.54) is 0 Å². The van der Waals surface area contributed by atoms with Crippen LogP contribution in [0.5, 0.6) is 0 Å². The van der Waals surface area contributed by atoms with E-state index in [1.54, 1.807) is 0 Å². The molecule has 0 N–H and O–H groups in total. The van der Waals surface area contributed by atoms with Crippen molar-refractivity contribution in [3.8, 4) is 0 Å². The van der Waals surface area contributed by atoms with Crippen molar-refractivity contribution >= 4 is 15.9 Å². The number of benzene rings is 1. The number of hydrogen-bond donors (Lipinski definition) is 0. The van der Waals surface area contributed by atoms with E-state index in [-0.39, 0.29) is 6.42 Å². The second kappa shape index (κ2) is 3.96. The topological polar surface area (TPSA) is 0 Å². The maximum Gasteiger partial charge on any atom is 0.194 e. The van der Waals surface area contributed by atoms with Gasteiger partial charge in [-0.2, -0.15) is 0 Å². The lowest BCUT2D eigenvalue weighted by Crippen LogP contribution is -1.94. The quantitative estimate of drug-likeness (QED) is 0.705. The van der Waals surface area contributed by atoms with Crippen LogP contribution in [0.4, 0.5) is 13.2 Å². The fourth-order valence-corrected chi connectivity index (χ4v) is 1.26. The molecule has 0 aliphatic rings. The summed E-state index contributed by atoms with van der Waals surface area (Å²) in [4.78, 5) is 0. The summed E-state index contributed by atoms with van der Waals surface area (Å²) >= 11 is 3.05. The largest absolute Gasteiger partial charge is 0.204 e. The van der Waals surface area contributed by atoms with Crippen LogP contribution in [0.1, 0.15) is 5.56 Å². The van der Waals surface area contributed by atoms with Gasteiger partial charge in [0.1, 0.15) is 0 Å². The molecule has 1 rings (SSSR count). The molecule has 0 aliphatic heterocycles. The van der Waals surface area contributed by atoms with Crippen molar-refractivity contribution in [1.82, 2.24) is 0 Å². The monoisotopic (exact) mass is 250 g/mol. The normalized spacial score (nSPS) is 10.2. The molecule has 1 aromatic rings. The Kier molecular flexibility index (Phi) is 3.14. The fraction of sp³-hybridized carbons (Fsp3) is 0.111. The third kappa shape index (κ3) is 2.59. The van der Waals surface area contributed by atoms with Gasteiger partial charge in [-0.15, -0.1) is 0 Å². The summed E-state index contributed by atoms with van der Waals surface area (Å²) in [6.45, 7) is 3.51. The van der Waals surface area contributed by atoms with Crippen LogP contribution in [-0.2, 0) is 6.42 Å². The standard InChI is InChI=1S/C9H6BrF3/c1-5(10)2-6-3-7(11)9(13)8(12)4-6/h3-4H,1-2H2. The average molecular weight is 251 g/mol.